The Balaban J connectivity index is 1.72. The zero-order chi connectivity index (χ0) is 26.9. The lowest BCUT2D eigenvalue weighted by Crippen LogP contribution is -2.09. The molecule has 37 heavy (non-hydrogen) atoms. The van der Waals surface area contributed by atoms with Crippen molar-refractivity contribution < 1.29 is 14.7 Å². The highest BCUT2D eigenvalue weighted by molar-refractivity contribution is 5.99. The molecule has 0 amide bonds. The van der Waals surface area contributed by atoms with Crippen LogP contribution in [0, 0.1) is 6.92 Å². The highest BCUT2D eigenvalue weighted by Crippen LogP contribution is 2.27. The molecule has 0 aliphatic rings. The van der Waals surface area contributed by atoms with Crippen LogP contribution in [0.2, 0.25) is 0 Å². The van der Waals surface area contributed by atoms with Gasteiger partial charge in [-0.25, -0.2) is 0 Å². The number of hydrogen-bond donors (Lipinski definition) is 1. The van der Waals surface area contributed by atoms with Crippen LogP contribution in [0.25, 0.3) is 0 Å². The van der Waals surface area contributed by atoms with Gasteiger partial charge in [-0.1, -0.05) is 127 Å². The van der Waals surface area contributed by atoms with E-state index in [2.05, 4.69) is 19.1 Å². The van der Waals surface area contributed by atoms with Gasteiger partial charge in [0, 0.05) is 36.8 Å². The molecular formula is C33H51NO3. The van der Waals surface area contributed by atoms with Gasteiger partial charge in [-0.05, 0) is 24.5 Å². The van der Waals surface area contributed by atoms with Gasteiger partial charge in [0.2, 0.25) is 0 Å². The summed E-state index contributed by atoms with van der Waals surface area (Å²) in [5.74, 6) is -0.707. The Kier molecular flexibility index (Phi) is 15.0. The van der Waals surface area contributed by atoms with Crippen LogP contribution in [0.1, 0.15) is 143 Å². The SMILES string of the molecule is CCCCCCCCCCCCCCCCCC(=O)c1c(C)c(CC(=O)O)n(C)c1Cc1ccccc1. The summed E-state index contributed by atoms with van der Waals surface area (Å²) in [6.07, 6.45) is 20.7. The zero-order valence-corrected chi connectivity index (χ0v) is 23.8. The van der Waals surface area contributed by atoms with E-state index in [1.54, 1.807) is 0 Å². The van der Waals surface area contributed by atoms with Crippen molar-refractivity contribution in [1.29, 1.82) is 0 Å². The molecule has 0 saturated heterocycles. The third kappa shape index (κ3) is 11.3. The number of unbranched alkanes of at least 4 members (excludes halogenated alkanes) is 14. The summed E-state index contributed by atoms with van der Waals surface area (Å²) in [6.45, 7) is 4.18. The summed E-state index contributed by atoms with van der Waals surface area (Å²) in [6, 6.07) is 10.1. The minimum Gasteiger partial charge on any atom is -0.481 e. The largest absolute Gasteiger partial charge is 0.481 e. The van der Waals surface area contributed by atoms with Gasteiger partial charge in [0.25, 0.3) is 0 Å². The number of benzene rings is 1. The lowest BCUT2D eigenvalue weighted by molar-refractivity contribution is -0.136. The topological polar surface area (TPSA) is 59.3 Å². The Bertz CT molecular complexity index is 929. The van der Waals surface area contributed by atoms with Gasteiger partial charge in [-0.15, -0.1) is 0 Å². The van der Waals surface area contributed by atoms with Crippen molar-refractivity contribution >= 4 is 11.8 Å². The molecule has 0 unspecified atom stereocenters. The number of aromatic nitrogens is 1. The highest BCUT2D eigenvalue weighted by Gasteiger charge is 2.24. The van der Waals surface area contributed by atoms with Crippen LogP contribution in [0.5, 0.6) is 0 Å². The first-order valence-corrected chi connectivity index (χ1v) is 14.9. The molecule has 1 N–H and O–H groups in total. The van der Waals surface area contributed by atoms with Gasteiger partial charge in [0.1, 0.15) is 0 Å². The summed E-state index contributed by atoms with van der Waals surface area (Å²) in [7, 11) is 1.90. The third-order valence-electron chi connectivity index (χ3n) is 7.73. The number of rotatable bonds is 21. The van der Waals surface area contributed by atoms with E-state index in [1.165, 1.54) is 83.5 Å². The van der Waals surface area contributed by atoms with Gasteiger partial charge < -0.3 is 9.67 Å². The van der Waals surface area contributed by atoms with Crippen molar-refractivity contribution in [2.45, 2.75) is 129 Å². The minimum absolute atomic E-state index is 0.0592. The molecule has 1 heterocycles. The number of carbonyl (C=O) groups is 2. The highest BCUT2D eigenvalue weighted by atomic mass is 16.4. The fourth-order valence-electron chi connectivity index (χ4n) is 5.49. The molecule has 206 valence electrons. The maximum absolute atomic E-state index is 13.3. The second-order valence-electron chi connectivity index (χ2n) is 10.8. The van der Waals surface area contributed by atoms with E-state index >= 15 is 0 Å². The van der Waals surface area contributed by atoms with Crippen LogP contribution < -0.4 is 0 Å². The number of hydrogen-bond acceptors (Lipinski definition) is 2. The average molecular weight is 510 g/mol. The van der Waals surface area contributed by atoms with E-state index in [9.17, 15) is 14.7 Å². The van der Waals surface area contributed by atoms with E-state index in [4.69, 9.17) is 0 Å². The van der Waals surface area contributed by atoms with Crippen molar-refractivity contribution in [2.75, 3.05) is 0 Å². The predicted octanol–water partition coefficient (Wildman–Crippen LogP) is 9.00. The molecule has 0 aliphatic carbocycles. The monoisotopic (exact) mass is 509 g/mol. The summed E-state index contributed by atoms with van der Waals surface area (Å²) >= 11 is 0. The fourth-order valence-corrected chi connectivity index (χ4v) is 5.49. The quantitative estimate of drug-likeness (QED) is 0.135. The van der Waals surface area contributed by atoms with Crippen LogP contribution in [0.4, 0.5) is 0 Å². The smallest absolute Gasteiger partial charge is 0.309 e. The van der Waals surface area contributed by atoms with Gasteiger partial charge in [0.05, 0.1) is 6.42 Å². The van der Waals surface area contributed by atoms with Crippen LogP contribution in [0.3, 0.4) is 0 Å². The second kappa shape index (κ2) is 18.0. The van der Waals surface area contributed by atoms with Crippen molar-refractivity contribution in [3.63, 3.8) is 0 Å². The maximum Gasteiger partial charge on any atom is 0.309 e. The molecule has 0 atom stereocenters. The van der Waals surface area contributed by atoms with E-state index in [1.807, 2.05) is 36.7 Å². The van der Waals surface area contributed by atoms with E-state index in [-0.39, 0.29) is 12.2 Å². The van der Waals surface area contributed by atoms with Crippen molar-refractivity contribution in [2.24, 2.45) is 7.05 Å². The molecule has 0 radical (unpaired) electrons. The molecule has 0 fully saturated rings. The van der Waals surface area contributed by atoms with E-state index in [0.717, 1.165) is 40.9 Å². The normalized spacial score (nSPS) is 11.2. The Morgan fingerprint density at radius 3 is 1.70 bits per heavy atom. The Morgan fingerprint density at radius 1 is 0.730 bits per heavy atom. The van der Waals surface area contributed by atoms with Gasteiger partial charge in [0.15, 0.2) is 5.78 Å². The molecule has 2 aromatic rings. The Hall–Kier alpha value is -2.36. The maximum atomic E-state index is 13.3. The number of carbonyl (C=O) groups excluding carboxylic acids is 1. The zero-order valence-electron chi connectivity index (χ0n) is 23.8. The lowest BCUT2D eigenvalue weighted by Gasteiger charge is -2.09. The molecule has 0 spiro atoms. The van der Waals surface area contributed by atoms with Crippen LogP contribution in [0.15, 0.2) is 30.3 Å². The Labute approximate surface area is 225 Å². The molecule has 4 heteroatoms. The minimum atomic E-state index is -0.864. The van der Waals surface area contributed by atoms with Gasteiger partial charge in [-0.2, -0.15) is 0 Å². The molecule has 0 bridgehead atoms. The van der Waals surface area contributed by atoms with Crippen LogP contribution in [-0.4, -0.2) is 21.4 Å². The van der Waals surface area contributed by atoms with Gasteiger partial charge in [-0.3, -0.25) is 9.59 Å². The van der Waals surface area contributed by atoms with Crippen LogP contribution in [-0.2, 0) is 24.7 Å². The molecule has 0 saturated carbocycles. The van der Waals surface area contributed by atoms with Crippen molar-refractivity contribution in [1.82, 2.24) is 4.57 Å². The summed E-state index contributed by atoms with van der Waals surface area (Å²) < 4.78 is 1.94. The molecular weight excluding hydrogens is 458 g/mol. The standard InChI is InChI=1S/C33H51NO3/c1-4-5-6-7-8-9-10-11-12-13-14-15-16-17-21-24-31(35)33-27(2)29(26-32(36)37)34(3)30(33)25-28-22-19-18-20-23-28/h18-20,22-23H,4-17,21,24-26H2,1-3H3,(H,36,37). The first-order chi connectivity index (χ1) is 18.0. The number of nitrogens with zero attached hydrogens (tertiary/aromatic N) is 1. The summed E-state index contributed by atoms with van der Waals surface area (Å²) in [5.41, 5.74) is 4.38. The lowest BCUT2D eigenvalue weighted by atomic mass is 9.97. The van der Waals surface area contributed by atoms with E-state index < -0.39 is 5.97 Å². The first kappa shape index (κ1) is 30.9. The summed E-state index contributed by atoms with van der Waals surface area (Å²) in [5, 5.41) is 9.40. The first-order valence-electron chi connectivity index (χ1n) is 14.9. The Morgan fingerprint density at radius 2 is 1.22 bits per heavy atom. The van der Waals surface area contributed by atoms with Crippen molar-refractivity contribution in [3.05, 3.63) is 58.4 Å². The fraction of sp³-hybridized carbons (Fsp3) is 0.636. The number of carboxylic acid groups (broad SMARTS) is 1. The number of aliphatic carboxylic acids is 1. The average Bonchev–Trinajstić information content (AvgIpc) is 3.10. The molecule has 1 aromatic carbocycles. The third-order valence-corrected chi connectivity index (χ3v) is 7.73. The number of carboxylic acids is 1. The van der Waals surface area contributed by atoms with Gasteiger partial charge >= 0.3 is 5.97 Å². The second-order valence-corrected chi connectivity index (χ2v) is 10.8. The molecule has 4 nitrogen and oxygen atoms in total. The van der Waals surface area contributed by atoms with Crippen molar-refractivity contribution in [3.8, 4) is 0 Å². The van der Waals surface area contributed by atoms with Crippen LogP contribution >= 0.6 is 0 Å². The molecule has 1 aromatic heterocycles. The molecule has 2 rings (SSSR count). The molecule has 0 aliphatic heterocycles. The van der Waals surface area contributed by atoms with E-state index in [0.29, 0.717) is 12.8 Å². The number of Topliss-reactive ketones (excluding diaryl/α,β-unsaturated/α-hetero) is 1. The number of ketones is 1. The predicted molar refractivity (Wildman–Crippen MR) is 155 cm³/mol. The summed E-state index contributed by atoms with van der Waals surface area (Å²) in [4.78, 5) is 24.8.